The predicted molar refractivity (Wildman–Crippen MR) is 97.1 cm³/mol. The quantitative estimate of drug-likeness (QED) is 0.212. The van der Waals surface area contributed by atoms with Crippen LogP contribution in [0.1, 0.15) is 19.8 Å². The third kappa shape index (κ3) is 3.17. The second kappa shape index (κ2) is 7.11. The van der Waals surface area contributed by atoms with Gasteiger partial charge in [-0.25, -0.2) is 9.59 Å². The summed E-state index contributed by atoms with van der Waals surface area (Å²) in [5.41, 5.74) is -3.05. The van der Waals surface area contributed by atoms with Gasteiger partial charge in [-0.3, -0.25) is 0 Å². The normalized spacial score (nSPS) is 42.3. The molecule has 2 saturated carbocycles. The summed E-state index contributed by atoms with van der Waals surface area (Å²) in [4.78, 5) is 24.6. The number of aliphatic hydroxyl groups excluding tert-OH is 2. The summed E-state index contributed by atoms with van der Waals surface area (Å²) in [6.45, 7) is 8.00. The Balaban J connectivity index is 2.02. The van der Waals surface area contributed by atoms with E-state index in [2.05, 4.69) is 13.2 Å². The fourth-order valence-corrected chi connectivity index (χ4v) is 4.97. The third-order valence-corrected chi connectivity index (χ3v) is 6.64. The zero-order chi connectivity index (χ0) is 21.0. The minimum atomic E-state index is -2.12. The predicted octanol–water partition coefficient (Wildman–Crippen LogP) is -0.334. The molecule has 0 amide bonds. The van der Waals surface area contributed by atoms with Crippen LogP contribution in [0.2, 0.25) is 0 Å². The smallest absolute Gasteiger partial charge is 0.340 e. The fourth-order valence-electron chi connectivity index (χ4n) is 4.68. The van der Waals surface area contributed by atoms with Crippen LogP contribution in [-0.4, -0.2) is 74.4 Å². The van der Waals surface area contributed by atoms with Crippen molar-refractivity contribution in [3.63, 3.8) is 0 Å². The Hall–Kier alpha value is -1.45. The van der Waals surface area contributed by atoms with Crippen LogP contribution in [0.15, 0.2) is 24.3 Å². The first-order chi connectivity index (χ1) is 13.0. The summed E-state index contributed by atoms with van der Waals surface area (Å²) in [7, 11) is 0. The zero-order valence-corrected chi connectivity index (χ0v) is 16.3. The van der Waals surface area contributed by atoms with E-state index in [0.717, 1.165) is 6.92 Å². The van der Waals surface area contributed by atoms with Gasteiger partial charge in [0.05, 0.1) is 30.1 Å². The first-order valence-electron chi connectivity index (χ1n) is 9.05. The molecule has 3 aliphatic rings. The van der Waals surface area contributed by atoms with E-state index in [1.165, 1.54) is 0 Å². The molecule has 0 bridgehead atoms. The summed E-state index contributed by atoms with van der Waals surface area (Å²) >= 11 is 6.00. The Morgan fingerprint density at radius 3 is 2.64 bits per heavy atom. The summed E-state index contributed by atoms with van der Waals surface area (Å²) in [5, 5.41) is 40.8. The van der Waals surface area contributed by atoms with Crippen molar-refractivity contribution in [2.75, 3.05) is 12.5 Å². The Morgan fingerprint density at radius 1 is 1.43 bits per heavy atom. The van der Waals surface area contributed by atoms with Crippen LogP contribution in [0.5, 0.6) is 0 Å². The standard InChI is InChI=1S/C19H25ClO8/c1-8-4-11(27-17(24)18(3,25)7-21)13-9(2)16(23)28-15(13)14-12(8)10(22)5-19(14,26)6-20/h10-15,21-22,25-26H,1-2,4-7H2,3H3. The first-order valence-corrected chi connectivity index (χ1v) is 9.58. The van der Waals surface area contributed by atoms with Crippen molar-refractivity contribution in [3.8, 4) is 0 Å². The van der Waals surface area contributed by atoms with Crippen molar-refractivity contribution >= 4 is 23.5 Å². The number of rotatable bonds is 4. The largest absolute Gasteiger partial charge is 0.459 e. The number of hydrogen-bond donors (Lipinski definition) is 4. The zero-order valence-electron chi connectivity index (χ0n) is 15.5. The van der Waals surface area contributed by atoms with E-state index >= 15 is 0 Å². The van der Waals surface area contributed by atoms with Crippen LogP contribution < -0.4 is 0 Å². The number of ether oxygens (including phenoxy) is 2. The number of aliphatic hydroxyl groups is 4. The van der Waals surface area contributed by atoms with Crippen molar-refractivity contribution in [1.82, 2.24) is 0 Å². The fraction of sp³-hybridized carbons (Fsp3) is 0.684. The van der Waals surface area contributed by atoms with Crippen molar-refractivity contribution in [3.05, 3.63) is 24.3 Å². The molecule has 1 heterocycles. The second-order valence-electron chi connectivity index (χ2n) is 8.22. The number of halogens is 1. The molecule has 28 heavy (non-hydrogen) atoms. The lowest BCUT2D eigenvalue weighted by Gasteiger charge is -2.35. The molecular formula is C19H25ClO8. The molecule has 8 nitrogen and oxygen atoms in total. The maximum Gasteiger partial charge on any atom is 0.340 e. The first kappa shape index (κ1) is 21.3. The highest BCUT2D eigenvalue weighted by Crippen LogP contribution is 2.55. The number of carbonyl (C=O) groups is 2. The van der Waals surface area contributed by atoms with Gasteiger partial charge in [0.1, 0.15) is 12.2 Å². The molecule has 0 aromatic rings. The number of carbonyl (C=O) groups excluding carboxylic acids is 2. The Morgan fingerprint density at radius 2 is 2.07 bits per heavy atom. The van der Waals surface area contributed by atoms with Crippen LogP contribution in [0.25, 0.3) is 0 Å². The molecule has 9 heteroatoms. The topological polar surface area (TPSA) is 134 Å². The van der Waals surface area contributed by atoms with Crippen LogP contribution in [-0.2, 0) is 19.1 Å². The average molecular weight is 417 g/mol. The lowest BCUT2D eigenvalue weighted by Crippen LogP contribution is -2.48. The lowest BCUT2D eigenvalue weighted by atomic mass is 9.76. The van der Waals surface area contributed by atoms with Gasteiger partial charge in [-0.15, -0.1) is 11.6 Å². The molecule has 1 aliphatic heterocycles. The van der Waals surface area contributed by atoms with E-state index in [-0.39, 0.29) is 24.3 Å². The van der Waals surface area contributed by atoms with Crippen molar-refractivity contribution in [1.29, 1.82) is 0 Å². The molecule has 8 atom stereocenters. The molecule has 1 saturated heterocycles. The van der Waals surface area contributed by atoms with Gasteiger partial charge in [-0.2, -0.15) is 0 Å². The highest BCUT2D eigenvalue weighted by Gasteiger charge is 2.64. The molecule has 0 radical (unpaired) electrons. The van der Waals surface area contributed by atoms with Crippen molar-refractivity contribution in [2.24, 2.45) is 17.8 Å². The monoisotopic (exact) mass is 416 g/mol. The summed E-state index contributed by atoms with van der Waals surface area (Å²) in [6.07, 6.45) is -2.78. The maximum absolute atomic E-state index is 12.3. The molecule has 0 spiro atoms. The summed E-state index contributed by atoms with van der Waals surface area (Å²) < 4.78 is 10.9. The minimum Gasteiger partial charge on any atom is -0.459 e. The Labute approximate surface area is 167 Å². The molecule has 3 fully saturated rings. The van der Waals surface area contributed by atoms with Crippen LogP contribution in [0.4, 0.5) is 0 Å². The Kier molecular flexibility index (Phi) is 5.40. The summed E-state index contributed by atoms with van der Waals surface area (Å²) in [6, 6.07) is 0. The van der Waals surface area contributed by atoms with Crippen LogP contribution in [0.3, 0.4) is 0 Å². The van der Waals surface area contributed by atoms with Crippen molar-refractivity contribution < 1.29 is 39.5 Å². The number of hydrogen-bond acceptors (Lipinski definition) is 8. The molecule has 8 unspecified atom stereocenters. The lowest BCUT2D eigenvalue weighted by molar-refractivity contribution is -0.176. The molecule has 4 N–H and O–H groups in total. The third-order valence-electron chi connectivity index (χ3n) is 6.17. The molecular weight excluding hydrogens is 392 g/mol. The van der Waals surface area contributed by atoms with Gasteiger partial charge in [-0.05, 0) is 6.92 Å². The molecule has 2 aliphatic carbocycles. The maximum atomic E-state index is 12.3. The van der Waals surface area contributed by atoms with Gasteiger partial charge in [0.2, 0.25) is 0 Å². The van der Waals surface area contributed by atoms with Crippen molar-refractivity contribution in [2.45, 2.75) is 49.3 Å². The van der Waals surface area contributed by atoms with E-state index in [1.807, 2.05) is 0 Å². The van der Waals surface area contributed by atoms with Gasteiger partial charge in [0.25, 0.3) is 0 Å². The average Bonchev–Trinajstić information content (AvgIpc) is 3.02. The SMILES string of the molecule is C=C1C(=O)OC2C1C(OC(=O)C(C)(O)CO)CC(=C)C1C(O)CC(O)(CCl)C21. The second-order valence-corrected chi connectivity index (χ2v) is 8.49. The highest BCUT2D eigenvalue weighted by atomic mass is 35.5. The van der Waals surface area contributed by atoms with E-state index in [4.69, 9.17) is 21.1 Å². The minimum absolute atomic E-state index is 0.00176. The molecule has 3 rings (SSSR count). The van der Waals surface area contributed by atoms with Gasteiger partial charge in [0, 0.05) is 30.3 Å². The van der Waals surface area contributed by atoms with E-state index in [9.17, 15) is 30.0 Å². The summed E-state index contributed by atoms with van der Waals surface area (Å²) in [5.74, 6) is -4.11. The molecule has 0 aromatic carbocycles. The van der Waals surface area contributed by atoms with Gasteiger partial charge >= 0.3 is 11.9 Å². The van der Waals surface area contributed by atoms with Crippen LogP contribution in [0, 0.1) is 17.8 Å². The highest BCUT2D eigenvalue weighted by molar-refractivity contribution is 6.18. The Bertz CT molecular complexity index is 719. The molecule has 0 aromatic heterocycles. The number of fused-ring (bicyclic) bond motifs is 3. The van der Waals surface area contributed by atoms with E-state index in [0.29, 0.717) is 5.57 Å². The van der Waals surface area contributed by atoms with Crippen LogP contribution >= 0.6 is 11.6 Å². The van der Waals surface area contributed by atoms with Gasteiger partial charge in [-0.1, -0.05) is 18.7 Å². The van der Waals surface area contributed by atoms with E-state index < -0.39 is 65.8 Å². The number of esters is 2. The van der Waals surface area contributed by atoms with E-state index in [1.54, 1.807) is 0 Å². The number of alkyl halides is 1. The van der Waals surface area contributed by atoms with Gasteiger partial charge < -0.3 is 29.9 Å². The van der Waals surface area contributed by atoms with Gasteiger partial charge in [0.15, 0.2) is 5.60 Å². The molecule has 156 valence electrons.